The zero-order chi connectivity index (χ0) is 19.1. The van der Waals surface area contributed by atoms with Crippen LogP contribution in [-0.2, 0) is 12.7 Å². The van der Waals surface area contributed by atoms with Crippen LogP contribution in [0.1, 0.15) is 35.0 Å². The first-order valence-corrected chi connectivity index (χ1v) is 7.72. The molecule has 1 atom stereocenters. The van der Waals surface area contributed by atoms with E-state index in [4.69, 9.17) is 0 Å². The van der Waals surface area contributed by atoms with Crippen molar-refractivity contribution in [3.8, 4) is 11.4 Å². The Kier molecular flexibility index (Phi) is 4.53. The first-order chi connectivity index (χ1) is 12.2. The quantitative estimate of drug-likeness (QED) is 0.569. The highest BCUT2D eigenvalue weighted by Gasteiger charge is 2.37. The van der Waals surface area contributed by atoms with Crippen LogP contribution in [0.15, 0.2) is 18.2 Å². The minimum Gasteiger partial charge on any atom is -0.374 e. The Bertz CT molecular complexity index is 870. The second-order valence-corrected chi connectivity index (χ2v) is 5.63. The zero-order valence-electron chi connectivity index (χ0n) is 13.5. The molecular formula is C16H14F4N4O2. The number of fused-ring (bicyclic) bond motifs is 1. The van der Waals surface area contributed by atoms with Gasteiger partial charge in [-0.2, -0.15) is 13.2 Å². The van der Waals surface area contributed by atoms with Crippen molar-refractivity contribution in [3.05, 3.63) is 40.8 Å². The molecule has 3 rings (SSSR count). The Balaban J connectivity index is 2.22. The minimum absolute atomic E-state index is 0.0196. The number of nitrogens with zero attached hydrogens (tertiary/aromatic N) is 2. The summed E-state index contributed by atoms with van der Waals surface area (Å²) >= 11 is 0. The summed E-state index contributed by atoms with van der Waals surface area (Å²) in [6.45, 7) is 1.62. The number of amides is 1. The number of rotatable bonds is 4. The van der Waals surface area contributed by atoms with Gasteiger partial charge < -0.3 is 15.7 Å². The van der Waals surface area contributed by atoms with E-state index in [2.05, 4.69) is 20.6 Å². The van der Waals surface area contributed by atoms with Crippen molar-refractivity contribution in [3.63, 3.8) is 0 Å². The largest absolute Gasteiger partial charge is 0.417 e. The van der Waals surface area contributed by atoms with Gasteiger partial charge in [-0.3, -0.25) is 4.79 Å². The lowest BCUT2D eigenvalue weighted by Gasteiger charge is -2.16. The van der Waals surface area contributed by atoms with Gasteiger partial charge in [0.15, 0.2) is 5.82 Å². The fourth-order valence-corrected chi connectivity index (χ4v) is 2.59. The summed E-state index contributed by atoms with van der Waals surface area (Å²) in [5, 5.41) is 14.8. The summed E-state index contributed by atoms with van der Waals surface area (Å²) in [7, 11) is 0. The van der Waals surface area contributed by atoms with E-state index in [1.54, 1.807) is 6.92 Å². The molecular weight excluding hydrogens is 356 g/mol. The molecule has 2 heterocycles. The molecule has 0 saturated carbocycles. The molecule has 1 aliphatic rings. The van der Waals surface area contributed by atoms with Crippen LogP contribution in [0.4, 0.5) is 23.4 Å². The Labute approximate surface area is 145 Å². The fraction of sp³-hybridized carbons (Fsp3) is 0.312. The maximum Gasteiger partial charge on any atom is 0.417 e. The molecule has 1 unspecified atom stereocenters. The van der Waals surface area contributed by atoms with E-state index in [1.165, 1.54) is 0 Å². The van der Waals surface area contributed by atoms with Crippen LogP contribution < -0.4 is 10.6 Å². The summed E-state index contributed by atoms with van der Waals surface area (Å²) in [6, 6.07) is 2.55. The highest BCUT2D eigenvalue weighted by Crippen LogP contribution is 2.38. The molecule has 0 fully saturated rings. The predicted molar refractivity (Wildman–Crippen MR) is 83.5 cm³/mol. The van der Waals surface area contributed by atoms with Crippen molar-refractivity contribution in [1.82, 2.24) is 15.3 Å². The van der Waals surface area contributed by atoms with E-state index < -0.39 is 41.1 Å². The third-order valence-electron chi connectivity index (χ3n) is 3.86. The number of halogens is 4. The van der Waals surface area contributed by atoms with Crippen LogP contribution >= 0.6 is 0 Å². The van der Waals surface area contributed by atoms with Gasteiger partial charge in [-0.1, -0.05) is 13.0 Å². The van der Waals surface area contributed by atoms with Gasteiger partial charge in [0, 0.05) is 0 Å². The number of aliphatic hydroxyl groups is 1. The molecule has 6 nitrogen and oxygen atoms in total. The van der Waals surface area contributed by atoms with E-state index in [0.29, 0.717) is 0 Å². The molecule has 2 aromatic rings. The first-order valence-electron chi connectivity index (χ1n) is 7.72. The minimum atomic E-state index is -4.82. The van der Waals surface area contributed by atoms with Crippen LogP contribution in [0, 0.1) is 5.82 Å². The van der Waals surface area contributed by atoms with E-state index in [1.807, 2.05) is 0 Å². The van der Waals surface area contributed by atoms with Gasteiger partial charge in [-0.05, 0) is 18.6 Å². The average Bonchev–Trinajstić information content (AvgIpc) is 2.95. The zero-order valence-corrected chi connectivity index (χ0v) is 13.5. The van der Waals surface area contributed by atoms with Crippen molar-refractivity contribution in [2.45, 2.75) is 32.3 Å². The molecule has 10 heteroatoms. The van der Waals surface area contributed by atoms with Crippen molar-refractivity contribution in [1.29, 1.82) is 0 Å². The Morgan fingerprint density at radius 2 is 2.04 bits per heavy atom. The second kappa shape index (κ2) is 6.52. The summed E-state index contributed by atoms with van der Waals surface area (Å²) in [5.74, 6) is -2.33. The van der Waals surface area contributed by atoms with Crippen molar-refractivity contribution in [2.75, 3.05) is 5.32 Å². The fourth-order valence-electron chi connectivity index (χ4n) is 2.59. The molecule has 1 aliphatic heterocycles. The van der Waals surface area contributed by atoms with Crippen molar-refractivity contribution >= 4 is 11.7 Å². The van der Waals surface area contributed by atoms with E-state index in [9.17, 15) is 27.5 Å². The molecule has 0 aliphatic carbocycles. The molecule has 0 saturated heterocycles. The average molecular weight is 370 g/mol. The van der Waals surface area contributed by atoms with E-state index >= 15 is 0 Å². The van der Waals surface area contributed by atoms with Gasteiger partial charge in [0.2, 0.25) is 0 Å². The summed E-state index contributed by atoms with van der Waals surface area (Å²) in [6.07, 6.45) is -5.65. The maximum absolute atomic E-state index is 14.2. The van der Waals surface area contributed by atoms with Crippen LogP contribution in [-0.4, -0.2) is 27.2 Å². The summed E-state index contributed by atoms with van der Waals surface area (Å²) < 4.78 is 54.0. The van der Waals surface area contributed by atoms with Crippen molar-refractivity contribution < 1.29 is 27.5 Å². The molecule has 0 bridgehead atoms. The number of anilines is 1. The third kappa shape index (κ3) is 3.19. The standard InChI is InChI=1S/C16H14F4N4O2/c1-2-10(25)23-14-12-9(6-21-15(12)26)22-13(24-14)11-7(16(18,19)20)4-3-5-8(11)17/h3-5,10,25H,2,6H2,1H3,(H,21,26)(H,22,23,24). The first kappa shape index (κ1) is 18.1. The second-order valence-electron chi connectivity index (χ2n) is 5.63. The molecule has 3 N–H and O–H groups in total. The normalized spacial score (nSPS) is 14.8. The number of hydrogen-bond acceptors (Lipinski definition) is 5. The number of carbonyl (C=O) groups is 1. The molecule has 1 aromatic carbocycles. The third-order valence-corrected chi connectivity index (χ3v) is 3.86. The number of carbonyl (C=O) groups excluding carboxylic acids is 1. The van der Waals surface area contributed by atoms with Crippen molar-refractivity contribution in [2.24, 2.45) is 0 Å². The Morgan fingerprint density at radius 1 is 1.31 bits per heavy atom. The van der Waals surface area contributed by atoms with E-state index in [-0.39, 0.29) is 30.0 Å². The lowest BCUT2D eigenvalue weighted by atomic mass is 10.0. The predicted octanol–water partition coefficient (Wildman–Crippen LogP) is 2.69. The van der Waals surface area contributed by atoms with Gasteiger partial charge in [0.05, 0.1) is 23.4 Å². The van der Waals surface area contributed by atoms with Crippen LogP contribution in [0.2, 0.25) is 0 Å². The maximum atomic E-state index is 14.2. The number of aliphatic hydroxyl groups excluding tert-OH is 1. The number of hydrogen-bond donors (Lipinski definition) is 3. The number of alkyl halides is 3. The summed E-state index contributed by atoms with van der Waals surface area (Å²) in [5.41, 5.74) is -1.89. The SMILES string of the molecule is CCC(O)Nc1nc(-c2c(F)cccc2C(F)(F)F)nc2c1C(=O)NC2. The highest BCUT2D eigenvalue weighted by atomic mass is 19.4. The Morgan fingerprint density at radius 3 is 2.69 bits per heavy atom. The molecule has 1 amide bonds. The van der Waals surface area contributed by atoms with E-state index in [0.717, 1.165) is 18.2 Å². The van der Waals surface area contributed by atoms with Gasteiger partial charge in [0.25, 0.3) is 5.91 Å². The topological polar surface area (TPSA) is 87.1 Å². The molecule has 0 spiro atoms. The van der Waals surface area contributed by atoms with Gasteiger partial charge in [-0.25, -0.2) is 14.4 Å². The molecule has 138 valence electrons. The lowest BCUT2D eigenvalue weighted by Crippen LogP contribution is -2.22. The Hall–Kier alpha value is -2.75. The number of aromatic nitrogens is 2. The molecule has 0 radical (unpaired) electrons. The summed E-state index contributed by atoms with van der Waals surface area (Å²) in [4.78, 5) is 19.8. The van der Waals surface area contributed by atoms with Gasteiger partial charge in [-0.15, -0.1) is 0 Å². The number of nitrogens with one attached hydrogen (secondary N) is 2. The van der Waals surface area contributed by atoms with Crippen LogP contribution in [0.25, 0.3) is 11.4 Å². The van der Waals surface area contributed by atoms with Gasteiger partial charge in [0.1, 0.15) is 23.4 Å². The highest BCUT2D eigenvalue weighted by molar-refractivity contribution is 6.02. The molecule has 1 aromatic heterocycles. The van der Waals surface area contributed by atoms with Gasteiger partial charge >= 0.3 is 6.18 Å². The van der Waals surface area contributed by atoms with Crippen LogP contribution in [0.3, 0.4) is 0 Å². The lowest BCUT2D eigenvalue weighted by molar-refractivity contribution is -0.137. The smallest absolute Gasteiger partial charge is 0.374 e. The monoisotopic (exact) mass is 370 g/mol. The molecule has 26 heavy (non-hydrogen) atoms. The van der Waals surface area contributed by atoms with Crippen LogP contribution in [0.5, 0.6) is 0 Å². The number of benzene rings is 1.